The SMILES string of the molecule is CSc1ccc(OC(C=CSc2ccccc2)=Nc2ccc(C(C)C)cc2)cc1. The summed E-state index contributed by atoms with van der Waals surface area (Å²) < 4.78 is 6.07. The summed E-state index contributed by atoms with van der Waals surface area (Å²) in [5.41, 5.74) is 2.17. The van der Waals surface area contributed by atoms with Gasteiger partial charge in [0.15, 0.2) is 0 Å². The monoisotopic (exact) mass is 419 g/mol. The molecule has 0 N–H and O–H groups in total. The summed E-state index contributed by atoms with van der Waals surface area (Å²) in [5.74, 6) is 1.83. The van der Waals surface area contributed by atoms with Gasteiger partial charge in [-0.25, -0.2) is 4.99 Å². The van der Waals surface area contributed by atoms with Gasteiger partial charge in [0.25, 0.3) is 0 Å². The molecule has 0 heterocycles. The van der Waals surface area contributed by atoms with Gasteiger partial charge >= 0.3 is 0 Å². The Morgan fingerprint density at radius 1 is 0.862 bits per heavy atom. The third-order valence-corrected chi connectivity index (χ3v) is 5.80. The lowest BCUT2D eigenvalue weighted by Gasteiger charge is -2.08. The lowest BCUT2D eigenvalue weighted by molar-refractivity contribution is 0.555. The van der Waals surface area contributed by atoms with Crippen molar-refractivity contribution in [2.24, 2.45) is 4.99 Å². The molecule has 0 bridgehead atoms. The fourth-order valence-electron chi connectivity index (χ4n) is 2.59. The molecule has 3 aromatic rings. The zero-order valence-corrected chi connectivity index (χ0v) is 18.5. The predicted octanol–water partition coefficient (Wildman–Crippen LogP) is 7.95. The molecule has 0 radical (unpaired) electrons. The Kier molecular flexibility index (Phi) is 8.03. The van der Waals surface area contributed by atoms with Crippen LogP contribution in [0.2, 0.25) is 0 Å². The summed E-state index contributed by atoms with van der Waals surface area (Å²) in [5, 5.41) is 2.01. The maximum atomic E-state index is 6.07. The molecule has 0 spiro atoms. The third-order valence-electron chi connectivity index (χ3n) is 4.24. The van der Waals surface area contributed by atoms with Gasteiger partial charge in [0.05, 0.1) is 5.69 Å². The number of hydrogen-bond acceptors (Lipinski definition) is 4. The summed E-state index contributed by atoms with van der Waals surface area (Å²) in [6, 6.07) is 26.6. The van der Waals surface area contributed by atoms with Crippen molar-refractivity contribution in [1.29, 1.82) is 0 Å². The Morgan fingerprint density at radius 2 is 1.55 bits per heavy atom. The second kappa shape index (κ2) is 10.9. The van der Waals surface area contributed by atoms with Crippen molar-refractivity contribution < 1.29 is 4.74 Å². The van der Waals surface area contributed by atoms with Crippen molar-refractivity contribution in [3.63, 3.8) is 0 Å². The van der Waals surface area contributed by atoms with E-state index in [1.807, 2.05) is 53.9 Å². The maximum absolute atomic E-state index is 6.07. The van der Waals surface area contributed by atoms with Crippen LogP contribution in [0.25, 0.3) is 0 Å². The average Bonchev–Trinajstić information content (AvgIpc) is 2.75. The van der Waals surface area contributed by atoms with Crippen LogP contribution in [0.4, 0.5) is 5.69 Å². The van der Waals surface area contributed by atoms with E-state index in [-0.39, 0.29) is 0 Å². The lowest BCUT2D eigenvalue weighted by atomic mass is 10.0. The van der Waals surface area contributed by atoms with E-state index in [4.69, 9.17) is 9.73 Å². The van der Waals surface area contributed by atoms with Crippen molar-refractivity contribution in [1.82, 2.24) is 0 Å². The minimum Gasteiger partial charge on any atom is -0.439 e. The lowest BCUT2D eigenvalue weighted by Crippen LogP contribution is -2.04. The fourth-order valence-corrected chi connectivity index (χ4v) is 3.65. The van der Waals surface area contributed by atoms with Crippen LogP contribution >= 0.6 is 23.5 Å². The van der Waals surface area contributed by atoms with Crippen LogP contribution in [-0.2, 0) is 0 Å². The van der Waals surface area contributed by atoms with E-state index in [1.54, 1.807) is 23.5 Å². The highest BCUT2D eigenvalue weighted by molar-refractivity contribution is 8.02. The van der Waals surface area contributed by atoms with Gasteiger partial charge in [-0.2, -0.15) is 0 Å². The molecular weight excluding hydrogens is 394 g/mol. The number of hydrogen-bond donors (Lipinski definition) is 0. The molecule has 0 aromatic heterocycles. The molecule has 0 aliphatic carbocycles. The molecule has 3 rings (SSSR count). The molecule has 0 saturated heterocycles. The number of rotatable bonds is 7. The van der Waals surface area contributed by atoms with Crippen LogP contribution in [0.1, 0.15) is 25.3 Å². The van der Waals surface area contributed by atoms with Crippen LogP contribution in [0.3, 0.4) is 0 Å². The molecule has 0 fully saturated rings. The zero-order chi connectivity index (χ0) is 20.5. The molecule has 2 nitrogen and oxygen atoms in total. The first-order chi connectivity index (χ1) is 14.1. The van der Waals surface area contributed by atoms with E-state index in [2.05, 4.69) is 56.5 Å². The Balaban J connectivity index is 1.80. The maximum Gasteiger partial charge on any atom is 0.220 e. The van der Waals surface area contributed by atoms with E-state index in [0.29, 0.717) is 11.8 Å². The van der Waals surface area contributed by atoms with E-state index in [0.717, 1.165) is 11.4 Å². The van der Waals surface area contributed by atoms with Crippen LogP contribution in [0, 0.1) is 0 Å². The highest BCUT2D eigenvalue weighted by atomic mass is 32.2. The first-order valence-electron chi connectivity index (χ1n) is 9.53. The first kappa shape index (κ1) is 21.3. The van der Waals surface area contributed by atoms with Crippen LogP contribution < -0.4 is 4.74 Å². The molecule has 4 heteroatoms. The van der Waals surface area contributed by atoms with E-state index in [9.17, 15) is 0 Å². The Bertz CT molecular complexity index is 946. The topological polar surface area (TPSA) is 21.6 Å². The van der Waals surface area contributed by atoms with Gasteiger partial charge in [0.2, 0.25) is 5.90 Å². The minimum absolute atomic E-state index is 0.501. The van der Waals surface area contributed by atoms with Gasteiger partial charge in [-0.3, -0.25) is 0 Å². The average molecular weight is 420 g/mol. The van der Waals surface area contributed by atoms with Crippen molar-refractivity contribution in [3.05, 3.63) is 95.9 Å². The fraction of sp³-hybridized carbons (Fsp3) is 0.160. The normalized spacial score (nSPS) is 11.9. The second-order valence-corrected chi connectivity index (χ2v) is 8.57. The number of nitrogens with zero attached hydrogens (tertiary/aromatic N) is 1. The Morgan fingerprint density at radius 3 is 2.17 bits per heavy atom. The summed E-state index contributed by atoms with van der Waals surface area (Å²) in [6.45, 7) is 4.38. The van der Waals surface area contributed by atoms with Crippen LogP contribution in [0.5, 0.6) is 5.75 Å². The van der Waals surface area contributed by atoms with Gasteiger partial charge in [0.1, 0.15) is 5.75 Å². The highest BCUT2D eigenvalue weighted by Gasteiger charge is 2.03. The smallest absolute Gasteiger partial charge is 0.220 e. The molecule has 0 unspecified atom stereocenters. The largest absolute Gasteiger partial charge is 0.439 e. The van der Waals surface area contributed by atoms with E-state index >= 15 is 0 Å². The molecule has 0 aliphatic heterocycles. The minimum atomic E-state index is 0.501. The molecule has 0 amide bonds. The van der Waals surface area contributed by atoms with Gasteiger partial charge < -0.3 is 4.74 Å². The van der Waals surface area contributed by atoms with E-state index < -0.39 is 0 Å². The van der Waals surface area contributed by atoms with Gasteiger partial charge in [-0.15, -0.1) is 11.8 Å². The molecular formula is C25H25NOS2. The molecule has 0 saturated carbocycles. The summed E-state index contributed by atoms with van der Waals surface area (Å²) in [4.78, 5) is 7.10. The molecule has 29 heavy (non-hydrogen) atoms. The van der Waals surface area contributed by atoms with Crippen LogP contribution in [-0.4, -0.2) is 12.2 Å². The molecule has 148 valence electrons. The van der Waals surface area contributed by atoms with Crippen LogP contribution in [0.15, 0.2) is 105 Å². The summed E-state index contributed by atoms with van der Waals surface area (Å²) >= 11 is 3.35. The quantitative estimate of drug-likeness (QED) is 0.220. The number of benzene rings is 3. The summed E-state index contributed by atoms with van der Waals surface area (Å²) in [6.07, 6.45) is 3.98. The van der Waals surface area contributed by atoms with Crippen molar-refractivity contribution in [2.45, 2.75) is 29.6 Å². The Labute approximate surface area is 182 Å². The first-order valence-corrected chi connectivity index (χ1v) is 11.6. The molecule has 0 aliphatic rings. The van der Waals surface area contributed by atoms with Crippen molar-refractivity contribution >= 4 is 35.1 Å². The van der Waals surface area contributed by atoms with Gasteiger partial charge in [-0.05, 0) is 71.7 Å². The van der Waals surface area contributed by atoms with E-state index in [1.165, 1.54) is 15.4 Å². The Hall–Kier alpha value is -2.43. The second-order valence-electron chi connectivity index (χ2n) is 6.71. The highest BCUT2D eigenvalue weighted by Crippen LogP contribution is 2.23. The number of ether oxygens (including phenoxy) is 1. The standard InChI is InChI=1S/C25H25NOS2/c1-19(2)20-9-11-21(12-10-20)26-25(17-18-29-24-7-5-4-6-8-24)27-22-13-15-23(28-3)16-14-22/h4-19H,1-3H3. The van der Waals surface area contributed by atoms with Gasteiger partial charge in [-0.1, -0.05) is 55.9 Å². The number of aliphatic imine (C=N–C) groups is 1. The molecule has 0 atom stereocenters. The van der Waals surface area contributed by atoms with Crippen molar-refractivity contribution in [3.8, 4) is 5.75 Å². The van der Waals surface area contributed by atoms with Gasteiger partial charge in [0, 0.05) is 15.9 Å². The molecule has 3 aromatic carbocycles. The summed E-state index contributed by atoms with van der Waals surface area (Å²) in [7, 11) is 0. The number of thioether (sulfide) groups is 2. The predicted molar refractivity (Wildman–Crippen MR) is 128 cm³/mol. The third kappa shape index (κ3) is 6.84. The van der Waals surface area contributed by atoms with Crippen molar-refractivity contribution in [2.75, 3.05) is 6.26 Å². The zero-order valence-electron chi connectivity index (χ0n) is 16.9.